The lowest BCUT2D eigenvalue weighted by Gasteiger charge is -2.08. The van der Waals surface area contributed by atoms with Crippen molar-refractivity contribution >= 4 is 0 Å². The normalized spacial score (nSPS) is 9.50. The lowest BCUT2D eigenvalue weighted by Crippen LogP contribution is -2.33. The van der Waals surface area contributed by atoms with Gasteiger partial charge in [-0.3, -0.25) is 0 Å². The monoisotopic (exact) mass is 163 g/mol. The highest BCUT2D eigenvalue weighted by molar-refractivity contribution is 5.26. The van der Waals surface area contributed by atoms with Gasteiger partial charge in [-0.25, -0.2) is 0 Å². The Morgan fingerprint density at radius 2 is 1.67 bits per heavy atom. The highest BCUT2D eigenvalue weighted by atomic mass is 14.9. The highest BCUT2D eigenvalue weighted by Crippen LogP contribution is 2.10. The van der Waals surface area contributed by atoms with Gasteiger partial charge in [0.15, 0.2) is 0 Å². The minimum absolute atomic E-state index is 0.0354. The van der Waals surface area contributed by atoms with Gasteiger partial charge in [-0.1, -0.05) is 0 Å². The van der Waals surface area contributed by atoms with E-state index in [-0.39, 0.29) is 6.54 Å². The summed E-state index contributed by atoms with van der Waals surface area (Å²) in [4.78, 5) is 0. The number of hydrogen-bond acceptors (Lipinski definition) is 5. The van der Waals surface area contributed by atoms with Crippen molar-refractivity contribution in [3.05, 3.63) is 0 Å². The first-order valence-corrected chi connectivity index (χ1v) is 3.39. The Labute approximate surface area is 71.0 Å². The molecule has 0 saturated carbocycles. The van der Waals surface area contributed by atoms with Gasteiger partial charge in [0.05, 0.1) is 0 Å². The fraction of sp³-hybridized carbons (Fsp3) is 0.571. The Hall–Kier alpha value is -1.61. The average Bonchev–Trinajstić information content (AvgIpc) is 2.14. The van der Waals surface area contributed by atoms with Crippen LogP contribution in [0.3, 0.4) is 0 Å². The molecule has 0 aromatic carbocycles. The van der Waals surface area contributed by atoms with Crippen molar-refractivity contribution in [2.45, 2.75) is 0 Å². The van der Waals surface area contributed by atoms with Crippen molar-refractivity contribution in [2.75, 3.05) is 19.6 Å². The molecule has 0 fully saturated rings. The van der Waals surface area contributed by atoms with E-state index in [4.69, 9.17) is 21.5 Å². The highest BCUT2D eigenvalue weighted by Gasteiger charge is 2.28. The Balaban J connectivity index is 4.11. The quantitative estimate of drug-likeness (QED) is 0.521. The van der Waals surface area contributed by atoms with Crippen molar-refractivity contribution in [2.24, 2.45) is 11.1 Å². The van der Waals surface area contributed by atoms with Crippen molar-refractivity contribution in [3.63, 3.8) is 0 Å². The van der Waals surface area contributed by atoms with Gasteiger partial charge < -0.3 is 11.1 Å². The van der Waals surface area contributed by atoms with E-state index in [1.165, 1.54) is 0 Å². The molecule has 0 saturated heterocycles. The van der Waals surface area contributed by atoms with Gasteiger partial charge in [0.2, 0.25) is 5.41 Å². The van der Waals surface area contributed by atoms with Crippen LogP contribution in [-0.2, 0) is 0 Å². The molecule has 0 aliphatic rings. The summed E-state index contributed by atoms with van der Waals surface area (Å²) >= 11 is 0. The van der Waals surface area contributed by atoms with Gasteiger partial charge in [0.1, 0.15) is 18.2 Å². The molecule has 0 aliphatic heterocycles. The maximum Gasteiger partial charge on any atom is 0.240 e. The Kier molecular flexibility index (Phi) is 4.41. The van der Waals surface area contributed by atoms with E-state index in [9.17, 15) is 0 Å². The first-order valence-electron chi connectivity index (χ1n) is 3.39. The lowest BCUT2D eigenvalue weighted by molar-refractivity contribution is 0.570. The number of nitriles is 3. The lowest BCUT2D eigenvalue weighted by atomic mass is 9.94. The third kappa shape index (κ3) is 2.56. The second-order valence-corrected chi connectivity index (χ2v) is 2.21. The van der Waals surface area contributed by atoms with Gasteiger partial charge in [-0.2, -0.15) is 15.8 Å². The zero-order valence-corrected chi connectivity index (χ0v) is 6.54. The number of nitrogens with zero attached hydrogens (tertiary/aromatic N) is 3. The molecule has 0 rings (SSSR count). The summed E-state index contributed by atoms with van der Waals surface area (Å²) in [6.45, 7) is 0.943. The minimum atomic E-state index is -1.57. The number of nitrogens with two attached hydrogens (primary N) is 1. The van der Waals surface area contributed by atoms with Crippen molar-refractivity contribution < 1.29 is 0 Å². The summed E-state index contributed by atoms with van der Waals surface area (Å²) in [5.74, 6) is 0. The molecule has 0 aromatic heterocycles. The first kappa shape index (κ1) is 10.4. The molecule has 62 valence electrons. The topological polar surface area (TPSA) is 109 Å². The van der Waals surface area contributed by atoms with Crippen LogP contribution in [0.15, 0.2) is 0 Å². The largest absolute Gasteiger partial charge is 0.329 e. The minimum Gasteiger partial charge on any atom is -0.329 e. The Morgan fingerprint density at radius 1 is 1.17 bits per heavy atom. The predicted octanol–water partition coefficient (Wildman–Crippen LogP) is -0.908. The molecule has 0 aliphatic carbocycles. The molecule has 5 heteroatoms. The third-order valence-electron chi connectivity index (χ3n) is 1.28. The fourth-order valence-corrected chi connectivity index (χ4v) is 0.572. The van der Waals surface area contributed by atoms with Crippen LogP contribution in [0.2, 0.25) is 0 Å². The van der Waals surface area contributed by atoms with E-state index in [2.05, 4.69) is 5.32 Å². The zero-order chi connectivity index (χ0) is 9.45. The molecule has 0 spiro atoms. The standard InChI is InChI=1S/C7H9N5/c8-1-2-12-6-7(3-9,4-10)5-11/h12H,1-2,6,8H2. The number of nitrogens with one attached hydrogen (secondary N) is 1. The van der Waals surface area contributed by atoms with Crippen LogP contribution < -0.4 is 11.1 Å². The van der Waals surface area contributed by atoms with E-state index in [0.29, 0.717) is 13.1 Å². The van der Waals surface area contributed by atoms with Gasteiger partial charge in [-0.05, 0) is 0 Å². The Morgan fingerprint density at radius 3 is 2.00 bits per heavy atom. The molecule has 0 heterocycles. The average molecular weight is 163 g/mol. The van der Waals surface area contributed by atoms with Gasteiger partial charge in [0.25, 0.3) is 0 Å². The number of hydrogen-bond donors (Lipinski definition) is 2. The van der Waals surface area contributed by atoms with Crippen LogP contribution >= 0.6 is 0 Å². The molecular weight excluding hydrogens is 154 g/mol. The van der Waals surface area contributed by atoms with Crippen LogP contribution in [0.25, 0.3) is 0 Å². The fourth-order valence-electron chi connectivity index (χ4n) is 0.572. The summed E-state index contributed by atoms with van der Waals surface area (Å²) in [7, 11) is 0. The summed E-state index contributed by atoms with van der Waals surface area (Å²) in [6, 6.07) is 4.94. The van der Waals surface area contributed by atoms with E-state index in [1.54, 1.807) is 18.2 Å². The van der Waals surface area contributed by atoms with Gasteiger partial charge in [-0.15, -0.1) is 0 Å². The molecule has 0 unspecified atom stereocenters. The maximum absolute atomic E-state index is 8.51. The first-order chi connectivity index (χ1) is 5.74. The predicted molar refractivity (Wildman–Crippen MR) is 41.2 cm³/mol. The van der Waals surface area contributed by atoms with Gasteiger partial charge >= 0.3 is 0 Å². The third-order valence-corrected chi connectivity index (χ3v) is 1.28. The molecule has 12 heavy (non-hydrogen) atoms. The summed E-state index contributed by atoms with van der Waals surface area (Å²) in [5.41, 5.74) is 3.60. The van der Waals surface area contributed by atoms with Crippen LogP contribution in [0, 0.1) is 39.4 Å². The number of rotatable bonds is 4. The van der Waals surface area contributed by atoms with E-state index >= 15 is 0 Å². The molecule has 3 N–H and O–H groups in total. The molecule has 0 bridgehead atoms. The Bertz CT molecular complexity index is 214. The molecule has 0 aromatic rings. The second kappa shape index (κ2) is 5.09. The summed E-state index contributed by atoms with van der Waals surface area (Å²) in [5, 5.41) is 28.3. The van der Waals surface area contributed by atoms with Crippen molar-refractivity contribution in [1.82, 2.24) is 5.32 Å². The van der Waals surface area contributed by atoms with E-state index < -0.39 is 5.41 Å². The van der Waals surface area contributed by atoms with E-state index in [1.807, 2.05) is 0 Å². The summed E-state index contributed by atoms with van der Waals surface area (Å²) in [6.07, 6.45) is 0. The van der Waals surface area contributed by atoms with Crippen molar-refractivity contribution in [1.29, 1.82) is 15.8 Å². The van der Waals surface area contributed by atoms with Crippen LogP contribution in [0.5, 0.6) is 0 Å². The molecule has 5 nitrogen and oxygen atoms in total. The zero-order valence-electron chi connectivity index (χ0n) is 6.54. The van der Waals surface area contributed by atoms with Crippen molar-refractivity contribution in [3.8, 4) is 18.2 Å². The van der Waals surface area contributed by atoms with E-state index in [0.717, 1.165) is 0 Å². The molecular formula is C7H9N5. The van der Waals surface area contributed by atoms with Crippen LogP contribution in [0.4, 0.5) is 0 Å². The van der Waals surface area contributed by atoms with Crippen LogP contribution in [-0.4, -0.2) is 19.6 Å². The van der Waals surface area contributed by atoms with Gasteiger partial charge in [0, 0.05) is 19.6 Å². The molecule has 0 amide bonds. The second-order valence-electron chi connectivity index (χ2n) is 2.21. The molecule has 0 atom stereocenters. The summed E-state index contributed by atoms with van der Waals surface area (Å²) < 4.78 is 0. The smallest absolute Gasteiger partial charge is 0.240 e. The maximum atomic E-state index is 8.51. The molecule has 0 radical (unpaired) electrons. The SMILES string of the molecule is N#CC(C#N)(C#N)CNCCN. The van der Waals surface area contributed by atoms with Crippen LogP contribution in [0.1, 0.15) is 0 Å².